The molecule has 188 valence electrons. The fraction of sp³-hybridized carbons (Fsp3) is 0.480. The fourth-order valence-corrected chi connectivity index (χ4v) is 4.25. The van der Waals surface area contributed by atoms with E-state index >= 15 is 0 Å². The second-order valence-corrected chi connectivity index (χ2v) is 8.74. The molecule has 0 aliphatic carbocycles. The minimum absolute atomic E-state index is 0. The van der Waals surface area contributed by atoms with E-state index in [4.69, 9.17) is 31.5 Å². The maximum atomic E-state index is 13.3. The summed E-state index contributed by atoms with van der Waals surface area (Å²) in [5.41, 5.74) is 7.37. The number of nitrogens with zero attached hydrogens (tertiary/aromatic N) is 1. The first-order chi connectivity index (χ1) is 15.9. The topological polar surface area (TPSA) is 94.3 Å². The minimum atomic E-state index is -0.767. The number of nitrogens with two attached hydrogens (primary N) is 1. The smallest absolute Gasteiger partial charge is 0.191 e. The van der Waals surface area contributed by atoms with Gasteiger partial charge in [-0.1, -0.05) is 30.3 Å². The van der Waals surface area contributed by atoms with Crippen LogP contribution < -0.4 is 15.2 Å². The van der Waals surface area contributed by atoms with Crippen LogP contribution in [-0.2, 0) is 11.3 Å². The number of hydrogen-bond acceptors (Lipinski definition) is 7. The number of hydrogen-bond donors (Lipinski definition) is 2. The Morgan fingerprint density at radius 3 is 2.26 bits per heavy atom. The van der Waals surface area contributed by atoms with Crippen molar-refractivity contribution in [2.75, 3.05) is 27.3 Å². The minimum Gasteiger partial charge on any atom is -0.497 e. The van der Waals surface area contributed by atoms with E-state index in [0.717, 1.165) is 5.56 Å². The van der Waals surface area contributed by atoms with Gasteiger partial charge in [0.1, 0.15) is 23.1 Å². The molecule has 3 atom stereocenters. The first-order valence-electron chi connectivity index (χ1n) is 11.2. The number of alkyl halides is 1. The lowest BCUT2D eigenvalue weighted by atomic mass is 9.99. The average molecular weight is 513 g/mol. The van der Waals surface area contributed by atoms with Crippen LogP contribution in [0.2, 0.25) is 0 Å². The highest BCUT2D eigenvalue weighted by molar-refractivity contribution is 6.20. The molecule has 34 heavy (non-hydrogen) atoms. The molecule has 1 aliphatic rings. The lowest BCUT2D eigenvalue weighted by Crippen LogP contribution is -2.50. The number of benzene rings is 2. The van der Waals surface area contributed by atoms with E-state index < -0.39 is 17.6 Å². The Bertz CT molecular complexity index is 872. The van der Waals surface area contributed by atoms with Crippen LogP contribution in [0.5, 0.6) is 11.5 Å². The van der Waals surface area contributed by atoms with Crippen molar-refractivity contribution in [1.82, 2.24) is 4.90 Å². The molecule has 0 amide bonds. The molecule has 2 aromatic rings. The largest absolute Gasteiger partial charge is 0.497 e. The van der Waals surface area contributed by atoms with E-state index in [0.29, 0.717) is 43.0 Å². The quantitative estimate of drug-likeness (QED) is 0.269. The van der Waals surface area contributed by atoms with Crippen molar-refractivity contribution < 1.29 is 24.1 Å². The average Bonchev–Trinajstić information content (AvgIpc) is 2.86. The molecule has 1 heterocycles. The summed E-state index contributed by atoms with van der Waals surface area (Å²) in [5.74, 6) is 1.14. The van der Waals surface area contributed by atoms with Gasteiger partial charge in [-0.25, -0.2) is 0 Å². The highest BCUT2D eigenvalue weighted by atomic mass is 35.5. The third kappa shape index (κ3) is 7.83. The van der Waals surface area contributed by atoms with Gasteiger partial charge >= 0.3 is 0 Å². The lowest BCUT2D eigenvalue weighted by molar-refractivity contribution is 0.0224. The number of rotatable bonds is 11. The van der Waals surface area contributed by atoms with E-state index in [9.17, 15) is 9.90 Å². The van der Waals surface area contributed by atoms with Gasteiger partial charge in [-0.15, -0.1) is 24.0 Å². The number of carbonyl (C=O) groups is 1. The molecule has 7 nitrogen and oxygen atoms in total. The second kappa shape index (κ2) is 13.9. The Labute approximate surface area is 212 Å². The number of methoxy groups -OCH3 is 2. The molecule has 1 saturated heterocycles. The van der Waals surface area contributed by atoms with Crippen LogP contribution in [0, 0.1) is 0 Å². The Hall–Kier alpha value is -1.87. The predicted molar refractivity (Wildman–Crippen MR) is 135 cm³/mol. The molecule has 1 fully saturated rings. The lowest BCUT2D eigenvalue weighted by Gasteiger charge is -2.36. The molecule has 3 N–H and O–H groups in total. The van der Waals surface area contributed by atoms with Crippen LogP contribution in [0.1, 0.15) is 35.2 Å². The monoisotopic (exact) mass is 512 g/mol. The van der Waals surface area contributed by atoms with Crippen molar-refractivity contribution in [2.45, 2.75) is 49.6 Å². The molecule has 3 unspecified atom stereocenters. The molecule has 3 rings (SSSR count). The summed E-state index contributed by atoms with van der Waals surface area (Å²) in [5, 5.41) is 9.76. The summed E-state index contributed by atoms with van der Waals surface area (Å²) in [6.45, 7) is 1.53. The van der Waals surface area contributed by atoms with E-state index in [1.807, 2.05) is 30.3 Å². The van der Waals surface area contributed by atoms with Gasteiger partial charge in [0, 0.05) is 30.8 Å². The van der Waals surface area contributed by atoms with Crippen molar-refractivity contribution in [1.29, 1.82) is 0 Å². The summed E-state index contributed by atoms with van der Waals surface area (Å²) in [7, 11) is 3.17. The van der Waals surface area contributed by atoms with Crippen LogP contribution in [-0.4, -0.2) is 66.8 Å². The number of Topliss-reactive ketones (excluding diaryl/α,β-unsaturated/α-hetero) is 1. The molecule has 9 heteroatoms. The highest BCUT2D eigenvalue weighted by Crippen LogP contribution is 2.25. The second-order valence-electron chi connectivity index (χ2n) is 8.29. The van der Waals surface area contributed by atoms with Gasteiger partial charge in [0.15, 0.2) is 5.78 Å². The van der Waals surface area contributed by atoms with E-state index in [1.54, 1.807) is 32.4 Å². The predicted octanol–water partition coefficient (Wildman–Crippen LogP) is 3.63. The molecule has 1 aliphatic heterocycles. The van der Waals surface area contributed by atoms with Crippen LogP contribution in [0.15, 0.2) is 48.5 Å². The number of carbonyl (C=O) groups excluding carboxylic acids is 1. The normalized spacial score (nSPS) is 17.3. The fourth-order valence-electron chi connectivity index (χ4n) is 3.95. The summed E-state index contributed by atoms with van der Waals surface area (Å²) in [6, 6.07) is 14.0. The number of piperidine rings is 1. The summed E-state index contributed by atoms with van der Waals surface area (Å²) in [6.07, 6.45) is 0.530. The first kappa shape index (κ1) is 28.4. The molecule has 0 radical (unpaired) electrons. The molecular weight excluding hydrogens is 479 g/mol. The number of ketones is 1. The van der Waals surface area contributed by atoms with Gasteiger partial charge in [0.2, 0.25) is 0 Å². The Morgan fingerprint density at radius 2 is 1.71 bits per heavy atom. The van der Waals surface area contributed by atoms with Gasteiger partial charge in [0.25, 0.3) is 0 Å². The number of ether oxygens (including phenoxy) is 3. The standard InChI is InChI=1S/C25H33ClN2O5.ClH/c1-31-20-12-17(13-21(14-20)32-2)16-33-23(24(30)18-6-4-3-5-7-18)15-22(27)25(26)28-10-8-19(29)9-11-28;/h3-7,12-14,19,22-23,25,29H,8-11,15-16,27H2,1-2H3;1H. The van der Waals surface area contributed by atoms with Crippen LogP contribution in [0.3, 0.4) is 0 Å². The van der Waals surface area contributed by atoms with Crippen molar-refractivity contribution in [3.63, 3.8) is 0 Å². The molecule has 0 bridgehead atoms. The molecule has 0 aromatic heterocycles. The molecule has 0 spiro atoms. The number of aliphatic hydroxyl groups is 1. The molecule has 0 saturated carbocycles. The van der Waals surface area contributed by atoms with E-state index in [1.165, 1.54) is 0 Å². The highest BCUT2D eigenvalue weighted by Gasteiger charge is 2.31. The van der Waals surface area contributed by atoms with Gasteiger partial charge < -0.3 is 25.1 Å². The third-order valence-electron chi connectivity index (χ3n) is 5.90. The first-order valence-corrected chi connectivity index (χ1v) is 11.6. The maximum Gasteiger partial charge on any atom is 0.191 e. The summed E-state index contributed by atoms with van der Waals surface area (Å²) in [4.78, 5) is 15.3. The van der Waals surface area contributed by atoms with Crippen molar-refractivity contribution in [2.24, 2.45) is 5.73 Å². The Kier molecular flexibility index (Phi) is 11.6. The van der Waals surface area contributed by atoms with Crippen molar-refractivity contribution in [3.05, 3.63) is 59.7 Å². The Morgan fingerprint density at radius 1 is 1.12 bits per heavy atom. The van der Waals surface area contributed by atoms with Crippen molar-refractivity contribution in [3.8, 4) is 11.5 Å². The molecular formula is C25H34Cl2N2O5. The number of halogens is 2. The van der Waals surface area contributed by atoms with Gasteiger partial charge in [-0.3, -0.25) is 9.69 Å². The van der Waals surface area contributed by atoms with E-state index in [-0.39, 0.29) is 37.3 Å². The number of likely N-dealkylation sites (tertiary alicyclic amines) is 1. The zero-order valence-electron chi connectivity index (χ0n) is 19.6. The van der Waals surface area contributed by atoms with Crippen LogP contribution in [0.25, 0.3) is 0 Å². The van der Waals surface area contributed by atoms with Gasteiger partial charge in [0.05, 0.1) is 26.9 Å². The van der Waals surface area contributed by atoms with Gasteiger partial charge in [-0.2, -0.15) is 0 Å². The Balaban J connectivity index is 0.00000408. The summed E-state index contributed by atoms with van der Waals surface area (Å²) >= 11 is 6.67. The van der Waals surface area contributed by atoms with Crippen LogP contribution >= 0.6 is 24.0 Å². The zero-order valence-corrected chi connectivity index (χ0v) is 21.1. The third-order valence-corrected chi connectivity index (χ3v) is 6.50. The van der Waals surface area contributed by atoms with Gasteiger partial charge in [-0.05, 0) is 37.0 Å². The van der Waals surface area contributed by atoms with Crippen LogP contribution in [0.4, 0.5) is 0 Å². The summed E-state index contributed by atoms with van der Waals surface area (Å²) < 4.78 is 16.8. The van der Waals surface area contributed by atoms with E-state index in [2.05, 4.69) is 4.90 Å². The zero-order chi connectivity index (χ0) is 23.8. The number of aliphatic hydroxyl groups excluding tert-OH is 1. The molecule has 2 aromatic carbocycles. The maximum absolute atomic E-state index is 13.3. The SMILES string of the molecule is COc1cc(COC(CC(N)C(Cl)N2CCC(O)CC2)C(=O)c2ccccc2)cc(OC)c1.Cl. The van der Waals surface area contributed by atoms with Crippen molar-refractivity contribution >= 4 is 29.8 Å².